The number of aryl methyl sites for hydroxylation is 1. The predicted octanol–water partition coefficient (Wildman–Crippen LogP) is 3.59. The van der Waals surface area contributed by atoms with Gasteiger partial charge in [-0.15, -0.1) is 0 Å². The van der Waals surface area contributed by atoms with Crippen LogP contribution in [0, 0.1) is 0 Å². The Kier molecular flexibility index (Phi) is 4.25. The summed E-state index contributed by atoms with van der Waals surface area (Å²) < 4.78 is 0. The Hall–Kier alpha value is -0.530. The Morgan fingerprint density at radius 1 is 1.31 bits per heavy atom. The Labute approximate surface area is 103 Å². The van der Waals surface area contributed by atoms with E-state index in [1.807, 2.05) is 6.07 Å². The largest absolute Gasteiger partial charge is 0.314 e. The normalized spacial score (nSPS) is 21.0. The molecule has 1 atom stereocenters. The van der Waals surface area contributed by atoms with Gasteiger partial charge in [-0.1, -0.05) is 31.0 Å². The van der Waals surface area contributed by atoms with Crippen molar-refractivity contribution in [2.75, 3.05) is 6.54 Å². The van der Waals surface area contributed by atoms with Crippen molar-refractivity contribution < 1.29 is 0 Å². The van der Waals surface area contributed by atoms with Gasteiger partial charge in [-0.25, -0.2) is 0 Å². The summed E-state index contributed by atoms with van der Waals surface area (Å²) in [6, 6.07) is 6.95. The van der Waals surface area contributed by atoms with Crippen LogP contribution in [0.2, 0.25) is 5.02 Å². The molecule has 0 aliphatic carbocycles. The number of rotatable bonds is 3. The van der Waals surface area contributed by atoms with Crippen molar-refractivity contribution in [2.45, 2.75) is 45.1 Å². The third-order valence-electron chi connectivity index (χ3n) is 3.43. The number of halogens is 1. The first-order chi connectivity index (χ1) is 7.79. The van der Waals surface area contributed by atoms with E-state index in [9.17, 15) is 0 Å². The minimum absolute atomic E-state index is 0.650. The summed E-state index contributed by atoms with van der Waals surface area (Å²) in [5.74, 6) is 0. The molecule has 1 fully saturated rings. The van der Waals surface area contributed by atoms with Gasteiger partial charge >= 0.3 is 0 Å². The molecule has 0 saturated carbocycles. The fourth-order valence-electron chi connectivity index (χ4n) is 2.49. The van der Waals surface area contributed by atoms with Gasteiger partial charge in [0.05, 0.1) is 0 Å². The first kappa shape index (κ1) is 11.9. The van der Waals surface area contributed by atoms with Crippen LogP contribution < -0.4 is 5.32 Å². The molecule has 1 N–H and O–H groups in total. The van der Waals surface area contributed by atoms with Gasteiger partial charge in [0.1, 0.15) is 0 Å². The molecule has 88 valence electrons. The quantitative estimate of drug-likeness (QED) is 0.847. The van der Waals surface area contributed by atoms with Crippen molar-refractivity contribution >= 4 is 11.6 Å². The van der Waals surface area contributed by atoms with Crippen LogP contribution in [-0.4, -0.2) is 12.6 Å². The van der Waals surface area contributed by atoms with E-state index in [1.54, 1.807) is 0 Å². The third kappa shape index (κ3) is 2.99. The Bertz CT molecular complexity index is 343. The van der Waals surface area contributed by atoms with Gasteiger partial charge < -0.3 is 5.32 Å². The van der Waals surface area contributed by atoms with Crippen LogP contribution in [0.1, 0.15) is 37.3 Å². The van der Waals surface area contributed by atoms with Gasteiger partial charge in [0.2, 0.25) is 0 Å². The highest BCUT2D eigenvalue weighted by molar-refractivity contribution is 6.30. The summed E-state index contributed by atoms with van der Waals surface area (Å²) in [5, 5.41) is 4.46. The first-order valence-electron chi connectivity index (χ1n) is 6.30. The third-order valence-corrected chi connectivity index (χ3v) is 3.66. The zero-order valence-corrected chi connectivity index (χ0v) is 10.7. The lowest BCUT2D eigenvalue weighted by Gasteiger charge is -2.24. The van der Waals surface area contributed by atoms with Crippen molar-refractivity contribution in [3.8, 4) is 0 Å². The first-order valence-corrected chi connectivity index (χ1v) is 6.68. The van der Waals surface area contributed by atoms with Crippen LogP contribution in [0.4, 0.5) is 0 Å². The summed E-state index contributed by atoms with van der Waals surface area (Å²) in [6.07, 6.45) is 6.21. The second kappa shape index (κ2) is 5.70. The topological polar surface area (TPSA) is 12.0 Å². The van der Waals surface area contributed by atoms with Crippen molar-refractivity contribution in [3.63, 3.8) is 0 Å². The molecule has 0 amide bonds. The highest BCUT2D eigenvalue weighted by atomic mass is 35.5. The smallest absolute Gasteiger partial charge is 0.0408 e. The lowest BCUT2D eigenvalue weighted by molar-refractivity contribution is 0.399. The van der Waals surface area contributed by atoms with Gasteiger partial charge in [-0.3, -0.25) is 0 Å². The molecule has 1 unspecified atom stereocenters. The fourth-order valence-corrected chi connectivity index (χ4v) is 2.69. The molecule has 1 aliphatic rings. The molecule has 0 bridgehead atoms. The number of benzene rings is 1. The summed E-state index contributed by atoms with van der Waals surface area (Å²) in [6.45, 7) is 3.38. The highest BCUT2D eigenvalue weighted by Crippen LogP contribution is 2.20. The number of piperidine rings is 1. The highest BCUT2D eigenvalue weighted by Gasteiger charge is 2.14. The molecule has 1 aromatic carbocycles. The Morgan fingerprint density at radius 2 is 2.19 bits per heavy atom. The summed E-state index contributed by atoms with van der Waals surface area (Å²) >= 11 is 6.07. The molecule has 1 aromatic rings. The number of hydrogen-bond donors (Lipinski definition) is 1. The van der Waals surface area contributed by atoms with Crippen molar-refractivity contribution in [1.82, 2.24) is 5.32 Å². The van der Waals surface area contributed by atoms with Crippen LogP contribution in [0.25, 0.3) is 0 Å². The zero-order chi connectivity index (χ0) is 11.4. The minimum Gasteiger partial charge on any atom is -0.314 e. The second-order valence-electron chi connectivity index (χ2n) is 4.62. The molecule has 1 heterocycles. The van der Waals surface area contributed by atoms with Gasteiger partial charge in [-0.05, 0) is 55.5 Å². The molecule has 16 heavy (non-hydrogen) atoms. The van der Waals surface area contributed by atoms with Crippen LogP contribution in [-0.2, 0) is 12.8 Å². The predicted molar refractivity (Wildman–Crippen MR) is 70.2 cm³/mol. The SMILES string of the molecule is CCc1ccc(Cl)cc1CC1CCCCN1. The molecule has 0 aromatic heterocycles. The summed E-state index contributed by atoms with van der Waals surface area (Å²) in [7, 11) is 0. The van der Waals surface area contributed by atoms with E-state index in [1.165, 1.54) is 36.9 Å². The van der Waals surface area contributed by atoms with Crippen molar-refractivity contribution in [1.29, 1.82) is 0 Å². The van der Waals surface area contributed by atoms with Gasteiger partial charge in [0.25, 0.3) is 0 Å². The van der Waals surface area contributed by atoms with Crippen LogP contribution >= 0.6 is 11.6 Å². The number of hydrogen-bond acceptors (Lipinski definition) is 1. The van der Waals surface area contributed by atoms with E-state index in [0.717, 1.165) is 17.9 Å². The monoisotopic (exact) mass is 237 g/mol. The molecule has 1 nitrogen and oxygen atoms in total. The van der Waals surface area contributed by atoms with Gasteiger partial charge in [0.15, 0.2) is 0 Å². The van der Waals surface area contributed by atoms with Gasteiger partial charge in [0, 0.05) is 11.1 Å². The van der Waals surface area contributed by atoms with E-state index in [2.05, 4.69) is 24.4 Å². The van der Waals surface area contributed by atoms with E-state index >= 15 is 0 Å². The molecular formula is C14H20ClN. The molecule has 1 aliphatic heterocycles. The van der Waals surface area contributed by atoms with Gasteiger partial charge in [-0.2, -0.15) is 0 Å². The van der Waals surface area contributed by atoms with Crippen LogP contribution in [0.5, 0.6) is 0 Å². The lowest BCUT2D eigenvalue weighted by Crippen LogP contribution is -2.35. The van der Waals surface area contributed by atoms with E-state index in [-0.39, 0.29) is 0 Å². The van der Waals surface area contributed by atoms with E-state index < -0.39 is 0 Å². The molecule has 2 heteroatoms. The number of nitrogens with one attached hydrogen (secondary N) is 1. The molecule has 1 saturated heterocycles. The maximum Gasteiger partial charge on any atom is 0.0408 e. The molecule has 0 radical (unpaired) electrons. The minimum atomic E-state index is 0.650. The second-order valence-corrected chi connectivity index (χ2v) is 5.05. The maximum absolute atomic E-state index is 6.07. The zero-order valence-electron chi connectivity index (χ0n) is 9.93. The Balaban J connectivity index is 2.09. The van der Waals surface area contributed by atoms with Crippen LogP contribution in [0.15, 0.2) is 18.2 Å². The van der Waals surface area contributed by atoms with E-state index in [4.69, 9.17) is 11.6 Å². The molecule has 0 spiro atoms. The average Bonchev–Trinajstić information content (AvgIpc) is 2.31. The average molecular weight is 238 g/mol. The van der Waals surface area contributed by atoms with Crippen molar-refractivity contribution in [2.24, 2.45) is 0 Å². The summed E-state index contributed by atoms with van der Waals surface area (Å²) in [4.78, 5) is 0. The molecular weight excluding hydrogens is 218 g/mol. The van der Waals surface area contributed by atoms with E-state index in [0.29, 0.717) is 6.04 Å². The molecule has 2 rings (SSSR count). The lowest BCUT2D eigenvalue weighted by atomic mass is 9.94. The van der Waals surface area contributed by atoms with Crippen LogP contribution in [0.3, 0.4) is 0 Å². The maximum atomic E-state index is 6.07. The Morgan fingerprint density at radius 3 is 2.88 bits per heavy atom. The standard InChI is InChI=1S/C14H20ClN/c1-2-11-6-7-13(15)9-12(11)10-14-5-3-4-8-16-14/h6-7,9,14,16H,2-5,8,10H2,1H3. The van der Waals surface area contributed by atoms with Crippen molar-refractivity contribution in [3.05, 3.63) is 34.3 Å². The summed E-state index contributed by atoms with van der Waals surface area (Å²) in [5.41, 5.74) is 2.87. The fraction of sp³-hybridized carbons (Fsp3) is 0.571.